The molecule has 3 aliphatic rings. The molecule has 0 saturated heterocycles. The molecule has 0 bridgehead atoms. The van der Waals surface area contributed by atoms with Gasteiger partial charge in [-0.1, -0.05) is 24.3 Å². The molecule has 1 aromatic rings. The number of amides is 1. The lowest BCUT2D eigenvalue weighted by Crippen LogP contribution is -2.37. The highest BCUT2D eigenvalue weighted by molar-refractivity contribution is 5.85. The van der Waals surface area contributed by atoms with Crippen molar-refractivity contribution in [2.75, 3.05) is 6.54 Å². The lowest BCUT2D eigenvalue weighted by Gasteiger charge is -2.28. The van der Waals surface area contributed by atoms with Crippen LogP contribution in [0.5, 0.6) is 0 Å². The van der Waals surface area contributed by atoms with Gasteiger partial charge in [0.15, 0.2) is 0 Å². The second kappa shape index (κ2) is 4.59. The Morgan fingerprint density at radius 1 is 1.38 bits per heavy atom. The van der Waals surface area contributed by atoms with Crippen molar-refractivity contribution in [2.24, 2.45) is 5.92 Å². The zero-order valence-corrected chi connectivity index (χ0v) is 12.2. The van der Waals surface area contributed by atoms with Crippen LogP contribution in [0.2, 0.25) is 0 Å². The Hall–Kier alpha value is -1.82. The maximum atomic E-state index is 12.8. The molecule has 3 heteroatoms. The van der Waals surface area contributed by atoms with E-state index in [1.807, 2.05) is 4.90 Å². The van der Waals surface area contributed by atoms with Gasteiger partial charge in [-0.3, -0.25) is 4.79 Å². The van der Waals surface area contributed by atoms with Crippen LogP contribution in [0.4, 0.5) is 0 Å². The van der Waals surface area contributed by atoms with Gasteiger partial charge in [-0.05, 0) is 49.7 Å². The van der Waals surface area contributed by atoms with Gasteiger partial charge in [0.1, 0.15) is 6.54 Å². The van der Waals surface area contributed by atoms with Crippen LogP contribution >= 0.6 is 0 Å². The molecule has 0 heterocycles. The largest absolute Gasteiger partial charge is 0.326 e. The highest BCUT2D eigenvalue weighted by Gasteiger charge is 2.61. The summed E-state index contributed by atoms with van der Waals surface area (Å²) in [6.07, 6.45) is 6.59. The molecule has 1 amide bonds. The molecule has 0 radical (unpaired) electrons. The molecule has 1 spiro atoms. The number of hydrogen-bond donors (Lipinski definition) is 0. The van der Waals surface area contributed by atoms with E-state index in [0.717, 1.165) is 32.1 Å². The van der Waals surface area contributed by atoms with Crippen LogP contribution < -0.4 is 0 Å². The number of fused-ring (bicyclic) bond motifs is 2. The van der Waals surface area contributed by atoms with Crippen LogP contribution in [0.3, 0.4) is 0 Å². The molecule has 2 fully saturated rings. The Balaban J connectivity index is 1.60. The van der Waals surface area contributed by atoms with Crippen LogP contribution in [0.15, 0.2) is 24.3 Å². The fourth-order valence-electron chi connectivity index (χ4n) is 4.21. The molecule has 0 unspecified atom stereocenters. The molecule has 0 N–H and O–H groups in total. The van der Waals surface area contributed by atoms with Gasteiger partial charge in [0, 0.05) is 17.4 Å². The summed E-state index contributed by atoms with van der Waals surface area (Å²) in [5.41, 5.74) is 2.92. The lowest BCUT2D eigenvalue weighted by atomic mass is 9.78. The van der Waals surface area contributed by atoms with Gasteiger partial charge in [0.25, 0.3) is 0 Å². The van der Waals surface area contributed by atoms with Crippen LogP contribution in [0.25, 0.3) is 0 Å². The number of benzene rings is 1. The summed E-state index contributed by atoms with van der Waals surface area (Å²) in [4.78, 5) is 14.7. The number of nitriles is 1. The second-order valence-electron chi connectivity index (χ2n) is 6.78. The summed E-state index contributed by atoms with van der Waals surface area (Å²) in [5, 5.41) is 8.98. The average molecular weight is 280 g/mol. The third kappa shape index (κ3) is 1.97. The van der Waals surface area contributed by atoms with E-state index in [2.05, 4.69) is 30.3 Å². The van der Waals surface area contributed by atoms with Gasteiger partial charge in [0.05, 0.1) is 6.07 Å². The quantitative estimate of drug-likeness (QED) is 0.799. The third-order valence-corrected chi connectivity index (χ3v) is 5.51. The Morgan fingerprint density at radius 2 is 2.19 bits per heavy atom. The van der Waals surface area contributed by atoms with Gasteiger partial charge in [0.2, 0.25) is 5.91 Å². The van der Waals surface area contributed by atoms with Crippen molar-refractivity contribution in [1.29, 1.82) is 5.26 Å². The average Bonchev–Trinajstić information content (AvgIpc) is 3.40. The van der Waals surface area contributed by atoms with Crippen LogP contribution in [-0.2, 0) is 16.6 Å². The van der Waals surface area contributed by atoms with Gasteiger partial charge in [-0.2, -0.15) is 5.26 Å². The molecule has 4 rings (SSSR count). The topological polar surface area (TPSA) is 44.1 Å². The molecule has 0 aliphatic heterocycles. The number of nitrogens with zero attached hydrogens (tertiary/aromatic N) is 2. The highest BCUT2D eigenvalue weighted by atomic mass is 16.2. The summed E-state index contributed by atoms with van der Waals surface area (Å²) < 4.78 is 0. The van der Waals surface area contributed by atoms with E-state index in [4.69, 9.17) is 5.26 Å². The molecular weight excluding hydrogens is 260 g/mol. The number of hydrogen-bond acceptors (Lipinski definition) is 2. The Labute approximate surface area is 125 Å². The first-order valence-corrected chi connectivity index (χ1v) is 8.02. The van der Waals surface area contributed by atoms with Crippen LogP contribution in [0.1, 0.15) is 43.2 Å². The molecule has 108 valence electrons. The van der Waals surface area contributed by atoms with Gasteiger partial charge < -0.3 is 4.90 Å². The highest BCUT2D eigenvalue weighted by Crippen LogP contribution is 2.61. The summed E-state index contributed by atoms with van der Waals surface area (Å²) in [5.74, 6) is 0.351. The molecular formula is C18H20N2O. The molecule has 3 nitrogen and oxygen atoms in total. The Kier molecular flexibility index (Phi) is 2.82. The van der Waals surface area contributed by atoms with Gasteiger partial charge >= 0.3 is 0 Å². The fraction of sp³-hybridized carbons (Fsp3) is 0.556. The third-order valence-electron chi connectivity index (χ3n) is 5.51. The van der Waals surface area contributed by atoms with Crippen molar-refractivity contribution in [3.05, 3.63) is 35.4 Å². The zero-order chi connectivity index (χ0) is 14.4. The maximum Gasteiger partial charge on any atom is 0.227 e. The minimum atomic E-state index is 0.0918. The minimum Gasteiger partial charge on any atom is -0.326 e. The Morgan fingerprint density at radius 3 is 2.95 bits per heavy atom. The summed E-state index contributed by atoms with van der Waals surface area (Å²) >= 11 is 0. The minimum absolute atomic E-state index is 0.0918. The predicted octanol–water partition coefficient (Wildman–Crippen LogP) is 2.80. The molecule has 0 aromatic heterocycles. The lowest BCUT2D eigenvalue weighted by molar-refractivity contribution is -0.133. The second-order valence-corrected chi connectivity index (χ2v) is 6.78. The Bertz CT molecular complexity index is 628. The molecule has 3 aliphatic carbocycles. The van der Waals surface area contributed by atoms with Gasteiger partial charge in [-0.15, -0.1) is 0 Å². The van der Waals surface area contributed by atoms with E-state index in [-0.39, 0.29) is 23.8 Å². The standard InChI is InChI=1S/C18H20N2O/c19-10-11-20(14-7-8-14)17(21)16-12-18(16)9-3-5-13-4-1-2-6-15(13)18/h1-2,4,6,14,16H,3,5,7-9,11-12H2/t16-,18+/m0/s1. The first-order valence-electron chi connectivity index (χ1n) is 8.02. The van der Waals surface area contributed by atoms with Gasteiger partial charge in [-0.25, -0.2) is 0 Å². The number of carbonyl (C=O) groups is 1. The number of carbonyl (C=O) groups excluding carboxylic acids is 1. The van der Waals surface area contributed by atoms with E-state index < -0.39 is 0 Å². The van der Waals surface area contributed by atoms with Crippen molar-refractivity contribution in [1.82, 2.24) is 4.90 Å². The van der Waals surface area contributed by atoms with Crippen molar-refractivity contribution < 1.29 is 4.79 Å². The van der Waals surface area contributed by atoms with Crippen LogP contribution in [-0.4, -0.2) is 23.4 Å². The number of aryl methyl sites for hydroxylation is 1. The smallest absolute Gasteiger partial charge is 0.227 e. The summed E-state index contributed by atoms with van der Waals surface area (Å²) in [7, 11) is 0. The fourth-order valence-corrected chi connectivity index (χ4v) is 4.21. The first-order chi connectivity index (χ1) is 10.3. The maximum absolute atomic E-state index is 12.8. The predicted molar refractivity (Wildman–Crippen MR) is 79.5 cm³/mol. The summed E-state index contributed by atoms with van der Waals surface area (Å²) in [6.45, 7) is 0.262. The molecule has 21 heavy (non-hydrogen) atoms. The van der Waals surface area contributed by atoms with E-state index in [9.17, 15) is 4.79 Å². The monoisotopic (exact) mass is 280 g/mol. The number of rotatable bonds is 3. The molecule has 2 atom stereocenters. The normalized spacial score (nSPS) is 29.6. The van der Waals surface area contributed by atoms with E-state index in [0.29, 0.717) is 6.04 Å². The van der Waals surface area contributed by atoms with Crippen molar-refractivity contribution in [3.63, 3.8) is 0 Å². The molecule has 1 aromatic carbocycles. The zero-order valence-electron chi connectivity index (χ0n) is 12.2. The van der Waals surface area contributed by atoms with E-state index >= 15 is 0 Å². The van der Waals surface area contributed by atoms with Crippen molar-refractivity contribution in [3.8, 4) is 6.07 Å². The first kappa shape index (κ1) is 12.9. The van der Waals surface area contributed by atoms with E-state index in [1.165, 1.54) is 17.5 Å². The van der Waals surface area contributed by atoms with Crippen molar-refractivity contribution >= 4 is 5.91 Å². The van der Waals surface area contributed by atoms with E-state index in [1.54, 1.807) is 0 Å². The van der Waals surface area contributed by atoms with Crippen LogP contribution in [0, 0.1) is 17.2 Å². The SMILES string of the molecule is N#CCN(C(=O)[C@@H]1C[C@@]12CCCc1ccccc12)C1CC1. The summed E-state index contributed by atoms with van der Waals surface area (Å²) in [6, 6.07) is 11.1. The molecule has 2 saturated carbocycles. The van der Waals surface area contributed by atoms with Crippen molar-refractivity contribution in [2.45, 2.75) is 50.0 Å².